The van der Waals surface area contributed by atoms with Crippen LogP contribution in [0, 0.1) is 5.92 Å². The minimum Gasteiger partial charge on any atom is -0.494 e. The Balaban J connectivity index is 0.000000846. The van der Waals surface area contributed by atoms with Crippen molar-refractivity contribution in [1.29, 1.82) is 0 Å². The SMILES string of the molecule is CCCCC[C@@H](C(=O)NCNC(=O)c1ccc(-c2cc(OCC)cc(P(=O)(O)O)c2)o1)[C@@H](CC)N(O)C=O.CNC[C@H](O)[C@@H](O)[C@H](O)[C@H](O)CO. The van der Waals surface area contributed by atoms with Gasteiger partial charge in [0, 0.05) is 12.1 Å². The Labute approximate surface area is 296 Å². The molecule has 1 aromatic heterocycles. The summed E-state index contributed by atoms with van der Waals surface area (Å²) in [7, 11) is -2.99. The van der Waals surface area contributed by atoms with Gasteiger partial charge in [-0.25, -0.2) is 5.06 Å². The zero-order valence-electron chi connectivity index (χ0n) is 29.2. The summed E-state index contributed by atoms with van der Waals surface area (Å²) in [4.78, 5) is 55.7. The van der Waals surface area contributed by atoms with E-state index >= 15 is 0 Å². The van der Waals surface area contributed by atoms with Gasteiger partial charge >= 0.3 is 7.60 Å². The smallest absolute Gasteiger partial charge is 0.356 e. The Morgan fingerprint density at radius 1 is 1.00 bits per heavy atom. The predicted molar refractivity (Wildman–Crippen MR) is 184 cm³/mol. The van der Waals surface area contributed by atoms with E-state index in [1.54, 1.807) is 20.9 Å². The molecule has 1 aromatic carbocycles. The fourth-order valence-electron chi connectivity index (χ4n) is 4.93. The van der Waals surface area contributed by atoms with E-state index in [4.69, 9.17) is 29.6 Å². The number of likely N-dealkylation sites (N-methyl/N-ethyl adjacent to an activating group) is 1. The van der Waals surface area contributed by atoms with Crippen molar-refractivity contribution in [2.45, 2.75) is 83.3 Å². The molecule has 0 radical (unpaired) electrons. The van der Waals surface area contributed by atoms with E-state index in [1.807, 2.05) is 6.92 Å². The molecule has 2 aromatic rings. The minimum atomic E-state index is -4.57. The molecule has 0 saturated carbocycles. The van der Waals surface area contributed by atoms with E-state index < -0.39 is 62.4 Å². The Kier molecular flexibility index (Phi) is 20.7. The van der Waals surface area contributed by atoms with Crippen LogP contribution in [0.2, 0.25) is 0 Å². The quantitative estimate of drug-likeness (QED) is 0.0179. The summed E-state index contributed by atoms with van der Waals surface area (Å²) in [6.45, 7) is 5.02. The normalized spacial score (nSPS) is 14.9. The van der Waals surface area contributed by atoms with Crippen LogP contribution in [0.1, 0.15) is 63.4 Å². The van der Waals surface area contributed by atoms with E-state index in [0.717, 1.165) is 19.3 Å². The van der Waals surface area contributed by atoms with Gasteiger partial charge in [0.1, 0.15) is 29.8 Å². The second-order valence-electron chi connectivity index (χ2n) is 11.5. The lowest BCUT2D eigenvalue weighted by Crippen LogP contribution is -2.48. The first-order chi connectivity index (χ1) is 24.1. The van der Waals surface area contributed by atoms with Crippen LogP contribution in [-0.4, -0.2) is 128 Å². The third-order valence-corrected chi connectivity index (χ3v) is 8.62. The number of rotatable bonds is 22. The number of aliphatic hydroxyl groups excluding tert-OH is 5. The molecule has 2 rings (SSSR count). The van der Waals surface area contributed by atoms with Crippen LogP contribution >= 0.6 is 7.60 Å². The molecule has 290 valence electrons. The van der Waals surface area contributed by atoms with Gasteiger partial charge in [-0.3, -0.25) is 24.2 Å². The molecule has 0 bridgehead atoms. The topological polar surface area (TPSA) is 292 Å². The van der Waals surface area contributed by atoms with Gasteiger partial charge in [-0.05, 0) is 57.1 Å². The van der Waals surface area contributed by atoms with Crippen molar-refractivity contribution in [2.24, 2.45) is 5.92 Å². The number of hydrogen-bond donors (Lipinski definition) is 11. The number of amides is 3. The maximum Gasteiger partial charge on any atom is 0.356 e. The van der Waals surface area contributed by atoms with Gasteiger partial charge in [0.2, 0.25) is 12.3 Å². The second kappa shape index (κ2) is 23.2. The zero-order chi connectivity index (χ0) is 38.7. The van der Waals surface area contributed by atoms with Crippen molar-refractivity contribution >= 4 is 31.1 Å². The van der Waals surface area contributed by atoms with E-state index in [2.05, 4.69) is 16.0 Å². The molecule has 11 N–H and O–H groups in total. The monoisotopic (exact) mass is 748 g/mol. The van der Waals surface area contributed by atoms with Crippen LogP contribution in [-0.2, 0) is 14.2 Å². The average Bonchev–Trinajstić information content (AvgIpc) is 3.61. The number of aliphatic hydroxyl groups is 5. The van der Waals surface area contributed by atoms with E-state index in [9.17, 15) is 39.0 Å². The number of nitrogens with zero attached hydrogens (tertiary/aromatic N) is 1. The number of unbranched alkanes of at least 4 members (excludes halogenated alkanes) is 2. The van der Waals surface area contributed by atoms with Crippen molar-refractivity contribution in [2.75, 3.05) is 33.5 Å². The molecular weight excluding hydrogens is 695 g/mol. The summed E-state index contributed by atoms with van der Waals surface area (Å²) < 4.78 is 22.8. The summed E-state index contributed by atoms with van der Waals surface area (Å²) in [5.41, 5.74) is 0.311. The molecule has 0 unspecified atom stereocenters. The van der Waals surface area contributed by atoms with Gasteiger partial charge in [-0.15, -0.1) is 0 Å². The highest BCUT2D eigenvalue weighted by Crippen LogP contribution is 2.37. The summed E-state index contributed by atoms with van der Waals surface area (Å²) in [5, 5.41) is 62.8. The van der Waals surface area contributed by atoms with Gasteiger partial charge in [-0.1, -0.05) is 33.1 Å². The molecule has 0 spiro atoms. The lowest BCUT2D eigenvalue weighted by atomic mass is 9.90. The molecule has 0 aliphatic carbocycles. The number of hydroxylamine groups is 2. The van der Waals surface area contributed by atoms with Crippen LogP contribution < -0.4 is 26.0 Å². The molecule has 0 saturated heterocycles. The first-order valence-corrected chi connectivity index (χ1v) is 18.1. The standard InChI is InChI=1S/C25H36N3O9P.C7H17NO5/c1-4-7-8-9-20(21(5-2)28(32)16-29)24(30)26-15-27-25(31)23-11-10-22(37-23)17-12-18(36-6-3)14-19(13-17)38(33,34)35;1-8-2-4(10)6(12)7(13)5(11)3-9/h10-14,16,20-21,32H,4-9,15H2,1-3H3,(H,26,30)(H,27,31)(H2,33,34,35);4-13H,2-3H2,1H3/t20-,21-;4-,5+,6+,7+/m10/s1. The number of ether oxygens (including phenoxy) is 1. The van der Waals surface area contributed by atoms with Crippen molar-refractivity contribution in [3.63, 3.8) is 0 Å². The number of benzene rings is 1. The van der Waals surface area contributed by atoms with Crippen LogP contribution in [0.3, 0.4) is 0 Å². The van der Waals surface area contributed by atoms with E-state index in [1.165, 1.54) is 30.3 Å². The third kappa shape index (κ3) is 15.0. The molecule has 19 heteroatoms. The summed E-state index contributed by atoms with van der Waals surface area (Å²) >= 11 is 0. The number of nitrogens with one attached hydrogen (secondary N) is 3. The van der Waals surface area contributed by atoms with Gasteiger partial charge in [0.05, 0.1) is 43.3 Å². The fraction of sp³-hybridized carbons (Fsp3) is 0.594. The van der Waals surface area contributed by atoms with Gasteiger partial charge in [0.15, 0.2) is 5.76 Å². The van der Waals surface area contributed by atoms with E-state index in [-0.39, 0.29) is 48.8 Å². The predicted octanol–water partition coefficient (Wildman–Crippen LogP) is -0.584. The van der Waals surface area contributed by atoms with Crippen molar-refractivity contribution in [3.8, 4) is 17.1 Å². The Hall–Kier alpha value is -3.42. The van der Waals surface area contributed by atoms with Crippen molar-refractivity contribution in [1.82, 2.24) is 21.0 Å². The highest BCUT2D eigenvalue weighted by Gasteiger charge is 2.31. The van der Waals surface area contributed by atoms with Crippen LogP contribution in [0.4, 0.5) is 0 Å². The molecule has 1 heterocycles. The fourth-order valence-corrected chi connectivity index (χ4v) is 5.53. The van der Waals surface area contributed by atoms with Gasteiger partial charge in [0.25, 0.3) is 5.91 Å². The molecule has 6 atom stereocenters. The first-order valence-electron chi connectivity index (χ1n) is 16.5. The maximum absolute atomic E-state index is 12.8. The Morgan fingerprint density at radius 3 is 2.22 bits per heavy atom. The summed E-state index contributed by atoms with van der Waals surface area (Å²) in [6, 6.07) is 6.22. The molecule has 18 nitrogen and oxygen atoms in total. The third-order valence-electron chi connectivity index (χ3n) is 7.69. The lowest BCUT2D eigenvalue weighted by molar-refractivity contribution is -0.168. The highest BCUT2D eigenvalue weighted by atomic mass is 31.2. The zero-order valence-corrected chi connectivity index (χ0v) is 30.1. The molecular formula is C32H53N4O14P. The second-order valence-corrected chi connectivity index (χ2v) is 13.1. The molecule has 0 aliphatic rings. The van der Waals surface area contributed by atoms with Crippen LogP contribution in [0.15, 0.2) is 34.7 Å². The Morgan fingerprint density at radius 2 is 1.67 bits per heavy atom. The summed E-state index contributed by atoms with van der Waals surface area (Å²) in [6.07, 6.45) is -1.95. The lowest BCUT2D eigenvalue weighted by Gasteiger charge is -2.29. The molecule has 0 fully saturated rings. The molecule has 0 aliphatic heterocycles. The van der Waals surface area contributed by atoms with Crippen molar-refractivity contribution in [3.05, 3.63) is 36.1 Å². The minimum absolute atomic E-state index is 0.0813. The van der Waals surface area contributed by atoms with E-state index in [0.29, 0.717) is 23.5 Å². The molecule has 3 amide bonds. The Bertz CT molecular complexity index is 1390. The van der Waals surface area contributed by atoms with Crippen molar-refractivity contribution < 1.29 is 68.6 Å². The van der Waals surface area contributed by atoms with Gasteiger partial charge < -0.3 is 60.4 Å². The number of carbonyl (C=O) groups is 3. The maximum atomic E-state index is 12.8. The summed E-state index contributed by atoms with van der Waals surface area (Å²) in [5.74, 6) is -1.35. The van der Waals surface area contributed by atoms with Crippen LogP contribution in [0.25, 0.3) is 11.3 Å². The molecule has 51 heavy (non-hydrogen) atoms. The number of carbonyl (C=O) groups excluding carboxylic acids is 3. The van der Waals surface area contributed by atoms with Gasteiger partial charge in [-0.2, -0.15) is 0 Å². The first kappa shape index (κ1) is 45.6. The largest absolute Gasteiger partial charge is 0.494 e. The number of hydrogen-bond acceptors (Lipinski definition) is 13. The van der Waals surface area contributed by atoms with Crippen LogP contribution in [0.5, 0.6) is 5.75 Å². The highest BCUT2D eigenvalue weighted by molar-refractivity contribution is 7.60. The average molecular weight is 749 g/mol. The number of furan rings is 1.